The Balaban J connectivity index is 2.66. The van der Waals surface area contributed by atoms with Gasteiger partial charge in [0.1, 0.15) is 5.75 Å². The molecule has 114 valence electrons. The van der Waals surface area contributed by atoms with Gasteiger partial charge in [0.15, 0.2) is 0 Å². The van der Waals surface area contributed by atoms with Gasteiger partial charge in [0, 0.05) is 12.0 Å². The van der Waals surface area contributed by atoms with Gasteiger partial charge in [0.2, 0.25) is 0 Å². The first-order chi connectivity index (χ1) is 9.20. The van der Waals surface area contributed by atoms with Crippen LogP contribution < -0.4 is 10.5 Å². The molecule has 0 bridgehead atoms. The zero-order chi connectivity index (χ0) is 15.4. The van der Waals surface area contributed by atoms with E-state index in [2.05, 4.69) is 32.9 Å². The Kier molecular flexibility index (Phi) is 5.60. The van der Waals surface area contributed by atoms with Crippen LogP contribution in [0.4, 0.5) is 0 Å². The predicted molar refractivity (Wildman–Crippen MR) is 84.1 cm³/mol. The lowest BCUT2D eigenvalue weighted by atomic mass is 9.82. The van der Waals surface area contributed by atoms with Crippen molar-refractivity contribution in [3.8, 4) is 5.75 Å². The number of rotatable bonds is 7. The van der Waals surface area contributed by atoms with Gasteiger partial charge >= 0.3 is 0 Å². The third-order valence-corrected chi connectivity index (χ3v) is 3.97. The van der Waals surface area contributed by atoms with Crippen LogP contribution in [0.3, 0.4) is 0 Å². The number of hydrogen-bond acceptors (Lipinski definition) is 3. The summed E-state index contributed by atoms with van der Waals surface area (Å²) in [5, 5.41) is 9.18. The molecule has 0 aromatic heterocycles. The number of nitrogens with two attached hydrogens (primary N) is 1. The van der Waals surface area contributed by atoms with Crippen LogP contribution >= 0.6 is 0 Å². The highest BCUT2D eigenvalue weighted by Gasteiger charge is 2.22. The van der Waals surface area contributed by atoms with Gasteiger partial charge in [-0.15, -0.1) is 0 Å². The van der Waals surface area contributed by atoms with Crippen molar-refractivity contribution in [3.05, 3.63) is 29.8 Å². The third-order valence-electron chi connectivity index (χ3n) is 3.97. The highest BCUT2D eigenvalue weighted by Crippen LogP contribution is 2.28. The summed E-state index contributed by atoms with van der Waals surface area (Å²) in [6.45, 7) is 10.5. The summed E-state index contributed by atoms with van der Waals surface area (Å²) < 4.78 is 5.86. The normalized spacial score (nSPS) is 16.6. The van der Waals surface area contributed by atoms with Gasteiger partial charge in [-0.05, 0) is 43.4 Å². The lowest BCUT2D eigenvalue weighted by Crippen LogP contribution is -2.43. The fourth-order valence-corrected chi connectivity index (χ4v) is 2.18. The monoisotopic (exact) mass is 279 g/mol. The molecule has 1 aromatic carbocycles. The largest absolute Gasteiger partial charge is 0.491 e. The van der Waals surface area contributed by atoms with E-state index in [1.54, 1.807) is 0 Å². The van der Waals surface area contributed by atoms with Gasteiger partial charge in [0.05, 0.1) is 12.7 Å². The maximum absolute atomic E-state index is 9.18. The van der Waals surface area contributed by atoms with Crippen molar-refractivity contribution in [2.24, 2.45) is 5.73 Å². The van der Waals surface area contributed by atoms with Crippen molar-refractivity contribution in [3.63, 3.8) is 0 Å². The number of ether oxygens (including phenoxy) is 1. The molecule has 0 fully saturated rings. The van der Waals surface area contributed by atoms with E-state index in [1.807, 2.05) is 26.0 Å². The average Bonchev–Trinajstić information content (AvgIpc) is 2.38. The molecule has 1 rings (SSSR count). The molecule has 0 aliphatic carbocycles. The second-order valence-electron chi connectivity index (χ2n) is 6.71. The lowest BCUT2D eigenvalue weighted by Gasteiger charge is -2.27. The molecule has 3 N–H and O–H groups in total. The van der Waals surface area contributed by atoms with Crippen LogP contribution in [-0.2, 0) is 5.41 Å². The van der Waals surface area contributed by atoms with E-state index >= 15 is 0 Å². The minimum atomic E-state index is -0.594. The van der Waals surface area contributed by atoms with E-state index in [4.69, 9.17) is 10.5 Å². The van der Waals surface area contributed by atoms with Gasteiger partial charge < -0.3 is 15.6 Å². The number of aliphatic hydroxyl groups excluding tert-OH is 1. The molecule has 2 unspecified atom stereocenters. The fraction of sp³-hybridized carbons (Fsp3) is 0.647. The summed E-state index contributed by atoms with van der Waals surface area (Å²) in [7, 11) is 0. The first kappa shape index (κ1) is 17.0. The van der Waals surface area contributed by atoms with E-state index in [1.165, 1.54) is 5.56 Å². The van der Waals surface area contributed by atoms with E-state index in [-0.39, 0.29) is 18.1 Å². The number of benzene rings is 1. The lowest BCUT2D eigenvalue weighted by molar-refractivity contribution is 0.133. The van der Waals surface area contributed by atoms with Crippen molar-refractivity contribution < 1.29 is 9.84 Å². The zero-order valence-electron chi connectivity index (χ0n) is 13.4. The highest BCUT2D eigenvalue weighted by atomic mass is 16.5. The first-order valence-corrected chi connectivity index (χ1v) is 7.37. The minimum absolute atomic E-state index is 0.0258. The molecule has 2 atom stereocenters. The molecule has 3 nitrogen and oxygen atoms in total. The molecule has 1 aromatic rings. The quantitative estimate of drug-likeness (QED) is 0.805. The SMILES string of the molecule is CCC(C)(C)c1ccc(OC(C)CC(C)(N)CO)cc1. The molecule has 0 amide bonds. The van der Waals surface area contributed by atoms with Crippen LogP contribution in [0, 0.1) is 0 Å². The Morgan fingerprint density at radius 2 is 1.75 bits per heavy atom. The topological polar surface area (TPSA) is 55.5 Å². The Morgan fingerprint density at radius 3 is 2.20 bits per heavy atom. The maximum atomic E-state index is 9.18. The van der Waals surface area contributed by atoms with Crippen LogP contribution in [0.5, 0.6) is 5.75 Å². The Morgan fingerprint density at radius 1 is 1.20 bits per heavy atom. The zero-order valence-corrected chi connectivity index (χ0v) is 13.4. The molecule has 0 saturated heterocycles. The van der Waals surface area contributed by atoms with Crippen molar-refractivity contribution in [1.82, 2.24) is 0 Å². The highest BCUT2D eigenvalue weighted by molar-refractivity contribution is 5.31. The van der Waals surface area contributed by atoms with Crippen molar-refractivity contribution in [2.45, 2.75) is 64.5 Å². The van der Waals surface area contributed by atoms with E-state index in [0.29, 0.717) is 6.42 Å². The molecule has 20 heavy (non-hydrogen) atoms. The smallest absolute Gasteiger partial charge is 0.119 e. The summed E-state index contributed by atoms with van der Waals surface area (Å²) in [6, 6.07) is 8.27. The standard InChI is InChI=1S/C17H29NO2/c1-6-16(3,4)14-7-9-15(10-8-14)20-13(2)11-17(5,18)12-19/h7-10,13,19H,6,11-12,18H2,1-5H3. The second kappa shape index (κ2) is 6.59. The molecule has 0 saturated carbocycles. The van der Waals surface area contributed by atoms with E-state index < -0.39 is 5.54 Å². The first-order valence-electron chi connectivity index (χ1n) is 7.37. The molecule has 0 heterocycles. The maximum Gasteiger partial charge on any atom is 0.119 e. The van der Waals surface area contributed by atoms with Crippen molar-refractivity contribution in [1.29, 1.82) is 0 Å². The Labute approximate surface area is 123 Å². The molecule has 0 aliphatic heterocycles. The van der Waals surface area contributed by atoms with Gasteiger partial charge in [-0.2, -0.15) is 0 Å². The van der Waals surface area contributed by atoms with Crippen LogP contribution in [0.25, 0.3) is 0 Å². The van der Waals surface area contributed by atoms with Gasteiger partial charge in [-0.25, -0.2) is 0 Å². The molecule has 0 aliphatic rings. The molecule has 3 heteroatoms. The number of hydrogen-bond donors (Lipinski definition) is 2. The summed E-state index contributed by atoms with van der Waals surface area (Å²) in [4.78, 5) is 0. The molecular weight excluding hydrogens is 250 g/mol. The average molecular weight is 279 g/mol. The van der Waals surface area contributed by atoms with E-state index in [0.717, 1.165) is 12.2 Å². The van der Waals surface area contributed by atoms with Gasteiger partial charge in [0.25, 0.3) is 0 Å². The van der Waals surface area contributed by atoms with Gasteiger partial charge in [-0.1, -0.05) is 32.9 Å². The van der Waals surface area contributed by atoms with Gasteiger partial charge in [-0.3, -0.25) is 0 Å². The third kappa shape index (κ3) is 4.80. The van der Waals surface area contributed by atoms with Crippen LogP contribution in [0.1, 0.15) is 53.0 Å². The molecular formula is C17H29NO2. The minimum Gasteiger partial charge on any atom is -0.491 e. The summed E-state index contributed by atoms with van der Waals surface area (Å²) in [5.41, 5.74) is 6.86. The van der Waals surface area contributed by atoms with Crippen LogP contribution in [0.15, 0.2) is 24.3 Å². The predicted octanol–water partition coefficient (Wildman–Crippen LogP) is 3.24. The molecule has 0 radical (unpaired) electrons. The summed E-state index contributed by atoms with van der Waals surface area (Å²) in [5.74, 6) is 0.849. The van der Waals surface area contributed by atoms with E-state index in [9.17, 15) is 5.11 Å². The van der Waals surface area contributed by atoms with Crippen LogP contribution in [0.2, 0.25) is 0 Å². The fourth-order valence-electron chi connectivity index (χ4n) is 2.18. The number of aliphatic hydroxyl groups is 1. The second-order valence-corrected chi connectivity index (χ2v) is 6.71. The summed E-state index contributed by atoms with van der Waals surface area (Å²) in [6.07, 6.45) is 1.69. The molecule has 0 spiro atoms. The van der Waals surface area contributed by atoms with Crippen LogP contribution in [-0.4, -0.2) is 23.4 Å². The summed E-state index contributed by atoms with van der Waals surface area (Å²) >= 11 is 0. The van der Waals surface area contributed by atoms with Crippen molar-refractivity contribution >= 4 is 0 Å². The Bertz CT molecular complexity index is 410. The van der Waals surface area contributed by atoms with Crippen molar-refractivity contribution in [2.75, 3.05) is 6.61 Å². The Hall–Kier alpha value is -1.06.